The number of allylic oxidation sites excluding steroid dienone is 6. The lowest BCUT2D eigenvalue weighted by molar-refractivity contribution is -0.0461. The number of oxazole rings is 2. The molecule has 0 aliphatic carbocycles. The van der Waals surface area contributed by atoms with Gasteiger partial charge in [-0.05, 0) is 13.8 Å². The third kappa shape index (κ3) is 10.6. The van der Waals surface area contributed by atoms with Crippen molar-refractivity contribution in [2.75, 3.05) is 0 Å². The number of nitrogens with zero attached hydrogens (tertiary/aromatic N) is 2. The van der Waals surface area contributed by atoms with Crippen LogP contribution < -0.4 is 5.32 Å². The highest BCUT2D eigenvalue weighted by Crippen LogP contribution is 2.34. The Morgan fingerprint density at radius 2 is 1.17 bits per heavy atom. The Kier molecular flexibility index (Phi) is 13.4. The first-order valence-corrected chi connectivity index (χ1v) is 18.2. The van der Waals surface area contributed by atoms with Crippen LogP contribution in [-0.4, -0.2) is 80.8 Å². The van der Waals surface area contributed by atoms with E-state index in [0.717, 1.165) is 0 Å². The predicted molar refractivity (Wildman–Crippen MR) is 204 cm³/mol. The van der Waals surface area contributed by atoms with Crippen LogP contribution in [0.15, 0.2) is 106 Å². The molecule has 2 aromatic rings. The van der Waals surface area contributed by atoms with Crippen LogP contribution in [0.4, 0.5) is 0 Å². The largest absolute Gasteiger partial charge is 0.457 e. The second-order valence-electron chi connectivity index (χ2n) is 14.6. The van der Waals surface area contributed by atoms with Crippen molar-refractivity contribution in [3.63, 3.8) is 0 Å². The number of carbonyl (C=O) groups is 2. The van der Waals surface area contributed by atoms with E-state index in [4.69, 9.17) is 23.0 Å². The van der Waals surface area contributed by atoms with E-state index < -0.39 is 47.2 Å². The quantitative estimate of drug-likeness (QED) is 0.167. The topological polar surface area (TPSA) is 180 Å². The van der Waals surface area contributed by atoms with Gasteiger partial charge >= 0.3 is 11.9 Å². The van der Waals surface area contributed by atoms with E-state index in [1.165, 1.54) is 12.5 Å². The molecule has 0 radical (unpaired) electrons. The van der Waals surface area contributed by atoms with E-state index in [1.807, 2.05) is 84.1 Å². The zero-order chi connectivity index (χ0) is 38.9. The maximum atomic E-state index is 13.2. The van der Waals surface area contributed by atoms with E-state index >= 15 is 0 Å². The van der Waals surface area contributed by atoms with Gasteiger partial charge in [0, 0.05) is 47.9 Å². The molecular formula is C42H51N3O9. The van der Waals surface area contributed by atoms with Crippen LogP contribution in [0.5, 0.6) is 0 Å². The molecule has 0 spiro atoms. The fourth-order valence-electron chi connectivity index (χ4n) is 5.83. The SMILES string of the molecule is C/C=C/[C@H](O)C(C)(C)[C@@H]1C/C=C\[C@H]2O[C@H]2/C=C/C=C\c2nc(co2)C(=O)O[C@H](C(C)(C)[C@@H](O)/C=C/C)C/C=C\[C@H]2N[C@H]2/C=C/C=C\c2nc(co2)C(=O)O1. The van der Waals surface area contributed by atoms with E-state index in [2.05, 4.69) is 15.3 Å². The summed E-state index contributed by atoms with van der Waals surface area (Å²) in [6.45, 7) is 11.0. The van der Waals surface area contributed by atoms with Gasteiger partial charge in [-0.1, -0.05) is 113 Å². The fourth-order valence-corrected chi connectivity index (χ4v) is 5.83. The number of esters is 2. The van der Waals surface area contributed by atoms with Crippen molar-refractivity contribution in [3.8, 4) is 0 Å². The average Bonchev–Trinajstić information content (AvgIpc) is 3.93. The number of hydrogen-bond donors (Lipinski definition) is 3. The number of carbonyl (C=O) groups excluding carboxylic acids is 2. The van der Waals surface area contributed by atoms with Crippen molar-refractivity contribution in [2.45, 2.75) is 103 Å². The van der Waals surface area contributed by atoms with Crippen LogP contribution >= 0.6 is 0 Å². The number of rotatable bonds is 6. The van der Waals surface area contributed by atoms with Gasteiger partial charge in [-0.15, -0.1) is 0 Å². The Hall–Kier alpha value is -4.88. The number of ether oxygens (including phenoxy) is 3. The van der Waals surface area contributed by atoms with E-state index in [0.29, 0.717) is 12.8 Å². The minimum Gasteiger partial charge on any atom is -0.457 e. The maximum Gasteiger partial charge on any atom is 0.360 e. The van der Waals surface area contributed by atoms with Crippen molar-refractivity contribution >= 4 is 24.1 Å². The Balaban J connectivity index is 1.35. The van der Waals surface area contributed by atoms with E-state index in [1.54, 1.807) is 54.7 Å². The van der Waals surface area contributed by atoms with E-state index in [9.17, 15) is 19.8 Å². The van der Waals surface area contributed by atoms with Gasteiger partial charge in [0.25, 0.3) is 0 Å². The minimum atomic E-state index is -0.869. The lowest BCUT2D eigenvalue weighted by Gasteiger charge is -2.36. The second kappa shape index (κ2) is 18.0. The van der Waals surface area contributed by atoms with Crippen LogP contribution in [0.3, 0.4) is 0 Å². The summed E-state index contributed by atoms with van der Waals surface area (Å²) >= 11 is 0. The monoisotopic (exact) mass is 741 g/mol. The Morgan fingerprint density at radius 1 is 0.704 bits per heavy atom. The van der Waals surface area contributed by atoms with Crippen LogP contribution in [0, 0.1) is 10.8 Å². The molecule has 0 saturated carbocycles. The summed E-state index contributed by atoms with van der Waals surface area (Å²) in [4.78, 5) is 35.0. The molecule has 5 heterocycles. The van der Waals surface area contributed by atoms with Crippen molar-refractivity contribution in [2.24, 2.45) is 10.8 Å². The molecule has 12 heteroatoms. The number of fused-ring (bicyclic) bond motifs is 6. The Morgan fingerprint density at radius 3 is 1.69 bits per heavy atom. The third-order valence-electron chi connectivity index (χ3n) is 9.81. The zero-order valence-corrected chi connectivity index (χ0v) is 31.6. The van der Waals surface area contributed by atoms with Gasteiger partial charge in [0.1, 0.15) is 36.9 Å². The highest BCUT2D eigenvalue weighted by atomic mass is 16.6. The number of cyclic esters (lactones) is 2. The van der Waals surface area contributed by atoms with Gasteiger partial charge in [-0.3, -0.25) is 0 Å². The summed E-state index contributed by atoms with van der Waals surface area (Å²) < 4.78 is 28.6. The third-order valence-corrected chi connectivity index (χ3v) is 9.81. The summed E-state index contributed by atoms with van der Waals surface area (Å²) in [7, 11) is 0. The molecular weight excluding hydrogens is 690 g/mol. The Bertz CT molecular complexity index is 1710. The zero-order valence-electron chi connectivity index (χ0n) is 31.6. The molecule has 54 heavy (non-hydrogen) atoms. The van der Waals surface area contributed by atoms with Crippen molar-refractivity contribution in [1.82, 2.24) is 15.3 Å². The summed E-state index contributed by atoms with van der Waals surface area (Å²) in [5, 5.41) is 25.1. The van der Waals surface area contributed by atoms with Gasteiger partial charge in [0.2, 0.25) is 11.8 Å². The van der Waals surface area contributed by atoms with Gasteiger partial charge in [-0.25, -0.2) is 19.6 Å². The maximum absolute atomic E-state index is 13.2. The molecule has 4 bridgehead atoms. The fraction of sp³-hybridized carbons (Fsp3) is 0.429. The summed E-state index contributed by atoms with van der Waals surface area (Å²) in [5.74, 6) is -0.848. The lowest BCUT2D eigenvalue weighted by atomic mass is 9.79. The molecule has 2 aromatic heterocycles. The first kappa shape index (κ1) is 40.3. The molecule has 2 fully saturated rings. The first-order chi connectivity index (χ1) is 25.8. The van der Waals surface area contributed by atoms with Crippen LogP contribution in [0.2, 0.25) is 0 Å². The smallest absolute Gasteiger partial charge is 0.360 e. The number of aliphatic hydroxyl groups is 2. The average molecular weight is 742 g/mol. The van der Waals surface area contributed by atoms with Crippen molar-refractivity contribution < 1.29 is 42.8 Å². The standard InChI is InChI=1S/C42H51N3O9/c1-7-15-33(46)41(3,4)35-21-13-18-28-27(43-28)17-9-11-23-37-44-30(25-50-37)40(49)54-36(42(5,6)34(47)16-8-2)22-14-20-32-31(52-32)19-10-12-24-38-45-29(26-51-38)39(48)53-35/h7-20,23-28,31-36,43,46-47H,21-22H2,1-6H3/b15-7+,16-8+,17-9+,18-13-,19-10+,20-14-,23-11-,24-12-/t27-,28+,31-,32+,33-,34-,35-,36-/m0/s1. The predicted octanol–water partition coefficient (Wildman–Crippen LogP) is 6.49. The lowest BCUT2D eigenvalue weighted by Crippen LogP contribution is -2.42. The van der Waals surface area contributed by atoms with Gasteiger partial charge in [0.15, 0.2) is 11.4 Å². The summed E-state index contributed by atoms with van der Waals surface area (Å²) in [6.07, 6.45) is 28.6. The van der Waals surface area contributed by atoms with Crippen LogP contribution in [0.25, 0.3) is 12.2 Å². The highest BCUT2D eigenvalue weighted by molar-refractivity contribution is 5.87. The molecule has 0 aromatic carbocycles. The van der Waals surface area contributed by atoms with Crippen molar-refractivity contribution in [3.05, 3.63) is 121 Å². The van der Waals surface area contributed by atoms with Crippen LogP contribution in [0.1, 0.15) is 87.1 Å². The van der Waals surface area contributed by atoms with E-state index in [-0.39, 0.29) is 47.5 Å². The molecule has 0 amide bonds. The molecule has 0 unspecified atom stereocenters. The molecule has 3 aliphatic heterocycles. The molecule has 288 valence electrons. The number of epoxide rings is 1. The molecule has 12 nitrogen and oxygen atoms in total. The first-order valence-electron chi connectivity index (χ1n) is 18.2. The van der Waals surface area contributed by atoms with Crippen molar-refractivity contribution in [1.29, 1.82) is 0 Å². The number of aromatic nitrogens is 2. The van der Waals surface area contributed by atoms with Gasteiger partial charge in [0.05, 0.1) is 12.2 Å². The number of aliphatic hydroxyl groups excluding tert-OH is 2. The van der Waals surface area contributed by atoms with Gasteiger partial charge in [-0.2, -0.15) is 0 Å². The van der Waals surface area contributed by atoms with Gasteiger partial charge < -0.3 is 38.6 Å². The summed E-state index contributed by atoms with van der Waals surface area (Å²) in [5.41, 5.74) is -1.60. The second-order valence-corrected chi connectivity index (χ2v) is 14.6. The Labute approximate surface area is 316 Å². The number of nitrogens with one attached hydrogen (secondary N) is 1. The summed E-state index contributed by atoms with van der Waals surface area (Å²) in [6, 6.07) is 0.165. The molecule has 3 aliphatic rings. The molecule has 8 atom stereocenters. The van der Waals surface area contributed by atoms with Crippen LogP contribution in [-0.2, 0) is 14.2 Å². The molecule has 3 N–H and O–H groups in total. The molecule has 5 rings (SSSR count). The molecule has 2 saturated heterocycles. The minimum absolute atomic E-state index is 0.0211. The normalized spacial score (nSPS) is 30.5. The highest BCUT2D eigenvalue weighted by Gasteiger charge is 2.40. The number of hydrogen-bond acceptors (Lipinski definition) is 12.